The van der Waals surface area contributed by atoms with E-state index in [2.05, 4.69) is 0 Å². The molecular weight excluding hydrogens is 230 g/mol. The maximum atomic E-state index is 11.7. The van der Waals surface area contributed by atoms with Crippen LogP contribution in [0.1, 0.15) is 30.4 Å². The van der Waals surface area contributed by atoms with E-state index >= 15 is 0 Å². The van der Waals surface area contributed by atoms with E-state index in [4.69, 9.17) is 4.74 Å². The van der Waals surface area contributed by atoms with Crippen molar-refractivity contribution >= 4 is 12.0 Å². The van der Waals surface area contributed by atoms with Gasteiger partial charge in [0.15, 0.2) is 0 Å². The predicted molar refractivity (Wildman–Crippen MR) is 66.9 cm³/mol. The van der Waals surface area contributed by atoms with Crippen LogP contribution < -0.4 is 0 Å². The molecule has 96 valence electrons. The third-order valence-corrected chi connectivity index (χ3v) is 3.03. The van der Waals surface area contributed by atoms with Crippen LogP contribution in [0.4, 0.5) is 4.79 Å². The molecule has 18 heavy (non-hydrogen) atoms. The molecule has 1 aliphatic rings. The average molecular weight is 247 g/mol. The summed E-state index contributed by atoms with van der Waals surface area (Å²) in [6, 6.07) is 7.77. The van der Waals surface area contributed by atoms with E-state index in [-0.39, 0.29) is 12.5 Å². The van der Waals surface area contributed by atoms with Gasteiger partial charge in [0.05, 0.1) is 0 Å². The van der Waals surface area contributed by atoms with Gasteiger partial charge in [-0.25, -0.2) is 9.69 Å². The lowest BCUT2D eigenvalue weighted by molar-refractivity contribution is -0.131. The molecule has 0 atom stereocenters. The number of piperidine rings is 1. The molecule has 0 aromatic heterocycles. The Kier molecular flexibility index (Phi) is 3.97. The molecule has 1 saturated heterocycles. The van der Waals surface area contributed by atoms with E-state index in [9.17, 15) is 9.59 Å². The number of amides is 2. The number of likely N-dealkylation sites (tertiary alicyclic amines) is 1. The molecule has 0 spiro atoms. The number of benzene rings is 1. The van der Waals surface area contributed by atoms with Gasteiger partial charge in [0.1, 0.15) is 6.61 Å². The highest BCUT2D eigenvalue weighted by Gasteiger charge is 2.25. The highest BCUT2D eigenvalue weighted by atomic mass is 16.6. The molecule has 1 aromatic carbocycles. The quantitative estimate of drug-likeness (QED) is 0.807. The summed E-state index contributed by atoms with van der Waals surface area (Å²) in [4.78, 5) is 24.5. The topological polar surface area (TPSA) is 46.6 Å². The van der Waals surface area contributed by atoms with Gasteiger partial charge in [-0.3, -0.25) is 4.79 Å². The first-order valence-corrected chi connectivity index (χ1v) is 6.19. The van der Waals surface area contributed by atoms with Gasteiger partial charge in [-0.1, -0.05) is 29.8 Å². The Bertz CT molecular complexity index is 439. The number of aryl methyl sites for hydroxylation is 1. The van der Waals surface area contributed by atoms with Crippen LogP contribution in [-0.4, -0.2) is 23.4 Å². The molecular formula is C14H17NO3. The van der Waals surface area contributed by atoms with Gasteiger partial charge in [-0.15, -0.1) is 0 Å². The van der Waals surface area contributed by atoms with Gasteiger partial charge < -0.3 is 4.74 Å². The number of carbonyl (C=O) groups excluding carboxylic acids is 2. The van der Waals surface area contributed by atoms with Crippen molar-refractivity contribution in [2.45, 2.75) is 32.8 Å². The first-order valence-electron chi connectivity index (χ1n) is 6.19. The Morgan fingerprint density at radius 3 is 2.67 bits per heavy atom. The third kappa shape index (κ3) is 3.09. The number of ether oxygens (including phenoxy) is 1. The summed E-state index contributed by atoms with van der Waals surface area (Å²) >= 11 is 0. The van der Waals surface area contributed by atoms with Crippen molar-refractivity contribution < 1.29 is 14.3 Å². The van der Waals surface area contributed by atoms with Crippen molar-refractivity contribution in [2.75, 3.05) is 6.54 Å². The number of hydrogen-bond acceptors (Lipinski definition) is 3. The first kappa shape index (κ1) is 12.6. The van der Waals surface area contributed by atoms with Gasteiger partial charge in [-0.05, 0) is 25.3 Å². The van der Waals surface area contributed by atoms with E-state index in [1.165, 1.54) is 4.90 Å². The lowest BCUT2D eigenvalue weighted by atomic mass is 10.1. The molecule has 0 aliphatic carbocycles. The summed E-state index contributed by atoms with van der Waals surface area (Å²) < 4.78 is 5.14. The van der Waals surface area contributed by atoms with Crippen LogP contribution in [0.3, 0.4) is 0 Å². The molecule has 1 aliphatic heterocycles. The summed E-state index contributed by atoms with van der Waals surface area (Å²) in [5.74, 6) is -0.129. The number of hydrogen-bond donors (Lipinski definition) is 0. The zero-order chi connectivity index (χ0) is 13.0. The average Bonchev–Trinajstić information content (AvgIpc) is 2.38. The smallest absolute Gasteiger partial charge is 0.416 e. The Hall–Kier alpha value is -1.84. The Morgan fingerprint density at radius 2 is 2.00 bits per heavy atom. The van der Waals surface area contributed by atoms with Gasteiger partial charge >= 0.3 is 6.09 Å². The highest BCUT2D eigenvalue weighted by Crippen LogP contribution is 2.13. The predicted octanol–water partition coefficient (Wildman–Crippen LogP) is 2.64. The zero-order valence-corrected chi connectivity index (χ0v) is 10.5. The van der Waals surface area contributed by atoms with Crippen molar-refractivity contribution in [1.29, 1.82) is 0 Å². The lowest BCUT2D eigenvalue weighted by Gasteiger charge is -2.23. The molecule has 0 N–H and O–H groups in total. The highest BCUT2D eigenvalue weighted by molar-refractivity contribution is 5.92. The second-order valence-electron chi connectivity index (χ2n) is 4.54. The molecule has 0 saturated carbocycles. The molecule has 0 bridgehead atoms. The van der Waals surface area contributed by atoms with Crippen LogP contribution in [0.2, 0.25) is 0 Å². The normalized spacial score (nSPS) is 15.6. The lowest BCUT2D eigenvalue weighted by Crippen LogP contribution is -2.40. The minimum atomic E-state index is -0.528. The fourth-order valence-corrected chi connectivity index (χ4v) is 1.91. The van der Waals surface area contributed by atoms with Crippen LogP contribution >= 0.6 is 0 Å². The Labute approximate surface area is 107 Å². The third-order valence-electron chi connectivity index (χ3n) is 3.03. The largest absolute Gasteiger partial charge is 0.444 e. The van der Waals surface area contributed by atoms with E-state index in [0.29, 0.717) is 13.0 Å². The number of carbonyl (C=O) groups is 2. The van der Waals surface area contributed by atoms with E-state index in [1.54, 1.807) is 0 Å². The second kappa shape index (κ2) is 5.67. The van der Waals surface area contributed by atoms with E-state index in [0.717, 1.165) is 24.0 Å². The van der Waals surface area contributed by atoms with Crippen molar-refractivity contribution in [2.24, 2.45) is 0 Å². The summed E-state index contributed by atoms with van der Waals surface area (Å²) in [6.07, 6.45) is 1.64. The van der Waals surface area contributed by atoms with E-state index in [1.807, 2.05) is 31.2 Å². The fraction of sp³-hybridized carbons (Fsp3) is 0.429. The molecule has 1 aromatic rings. The Balaban J connectivity index is 1.87. The molecule has 0 unspecified atom stereocenters. The Morgan fingerprint density at radius 1 is 1.28 bits per heavy atom. The van der Waals surface area contributed by atoms with Gasteiger partial charge in [0.25, 0.3) is 0 Å². The minimum absolute atomic E-state index is 0.129. The zero-order valence-electron chi connectivity index (χ0n) is 10.5. The number of imide groups is 1. The van der Waals surface area contributed by atoms with E-state index < -0.39 is 6.09 Å². The molecule has 2 amide bonds. The van der Waals surface area contributed by atoms with Crippen molar-refractivity contribution in [3.8, 4) is 0 Å². The maximum Gasteiger partial charge on any atom is 0.416 e. The summed E-state index contributed by atoms with van der Waals surface area (Å²) in [5, 5.41) is 0. The molecule has 0 radical (unpaired) electrons. The van der Waals surface area contributed by atoms with Crippen molar-refractivity contribution in [3.63, 3.8) is 0 Å². The second-order valence-corrected chi connectivity index (χ2v) is 4.54. The fourth-order valence-electron chi connectivity index (χ4n) is 1.91. The maximum absolute atomic E-state index is 11.7. The van der Waals surface area contributed by atoms with Crippen molar-refractivity contribution in [3.05, 3.63) is 35.4 Å². The summed E-state index contributed by atoms with van der Waals surface area (Å²) in [6.45, 7) is 2.69. The molecule has 4 heteroatoms. The molecule has 2 rings (SSSR count). The monoisotopic (exact) mass is 247 g/mol. The number of rotatable bonds is 2. The molecule has 1 heterocycles. The van der Waals surface area contributed by atoms with Crippen LogP contribution in [0.5, 0.6) is 0 Å². The number of nitrogens with zero attached hydrogens (tertiary/aromatic N) is 1. The summed E-state index contributed by atoms with van der Waals surface area (Å²) in [7, 11) is 0. The standard InChI is InChI=1S/C14H17NO3/c1-11-5-7-12(8-6-11)10-18-14(17)15-9-3-2-4-13(15)16/h5-8H,2-4,9-10H2,1H3. The molecule has 1 fully saturated rings. The van der Waals surface area contributed by atoms with Crippen LogP contribution in [0.15, 0.2) is 24.3 Å². The minimum Gasteiger partial charge on any atom is -0.444 e. The van der Waals surface area contributed by atoms with Gasteiger partial charge in [-0.2, -0.15) is 0 Å². The first-order chi connectivity index (χ1) is 8.66. The SMILES string of the molecule is Cc1ccc(COC(=O)N2CCCCC2=O)cc1. The summed E-state index contributed by atoms with van der Waals surface area (Å²) in [5.41, 5.74) is 2.09. The molecule has 4 nitrogen and oxygen atoms in total. The van der Waals surface area contributed by atoms with Crippen LogP contribution in [-0.2, 0) is 16.1 Å². The van der Waals surface area contributed by atoms with Crippen molar-refractivity contribution in [1.82, 2.24) is 4.90 Å². The van der Waals surface area contributed by atoms with Crippen LogP contribution in [0, 0.1) is 6.92 Å². The van der Waals surface area contributed by atoms with Gasteiger partial charge in [0, 0.05) is 13.0 Å². The van der Waals surface area contributed by atoms with Gasteiger partial charge in [0.2, 0.25) is 5.91 Å². The van der Waals surface area contributed by atoms with Crippen LogP contribution in [0.25, 0.3) is 0 Å².